The van der Waals surface area contributed by atoms with Crippen LogP contribution in [-0.2, 0) is 4.79 Å². The average Bonchev–Trinajstić information content (AvgIpc) is 2.97. The topological polar surface area (TPSA) is 38.8 Å². The molecule has 0 bridgehead atoms. The first-order valence-corrected chi connectivity index (χ1v) is 11.4. The molecular formula is C21H14BrCl2NO3S2. The van der Waals surface area contributed by atoms with Gasteiger partial charge in [0.1, 0.15) is 6.61 Å². The van der Waals surface area contributed by atoms with Crippen LogP contribution in [0.4, 0.5) is 5.69 Å². The van der Waals surface area contributed by atoms with E-state index in [1.54, 1.807) is 30.3 Å². The van der Waals surface area contributed by atoms with Crippen LogP contribution in [0.3, 0.4) is 0 Å². The van der Waals surface area contributed by atoms with E-state index in [-0.39, 0.29) is 12.5 Å². The minimum Gasteiger partial charge on any atom is -0.490 e. The van der Waals surface area contributed by atoms with Gasteiger partial charge in [-0.1, -0.05) is 53.1 Å². The summed E-state index contributed by atoms with van der Waals surface area (Å²) in [4.78, 5) is 14.9. The Balaban J connectivity index is 1.95. The van der Waals surface area contributed by atoms with Crippen molar-refractivity contribution in [1.29, 1.82) is 0 Å². The molecule has 2 aromatic rings. The zero-order valence-corrected chi connectivity index (χ0v) is 20.3. The number of carbonyl (C=O) groups excluding carboxylic acids is 1. The number of rotatable bonds is 6. The molecule has 1 saturated heterocycles. The van der Waals surface area contributed by atoms with E-state index < -0.39 is 0 Å². The molecule has 0 aromatic heterocycles. The van der Waals surface area contributed by atoms with Crippen LogP contribution >= 0.6 is 63.1 Å². The molecule has 1 fully saturated rings. The number of thiocarbonyl (C=S) groups is 1. The molecular weight excluding hydrogens is 529 g/mol. The zero-order chi connectivity index (χ0) is 21.8. The highest BCUT2D eigenvalue weighted by Crippen LogP contribution is 2.41. The fourth-order valence-electron chi connectivity index (χ4n) is 2.65. The number of benzene rings is 2. The lowest BCUT2D eigenvalue weighted by Crippen LogP contribution is -2.27. The molecule has 1 aliphatic rings. The third-order valence-corrected chi connectivity index (χ3v) is 6.51. The molecule has 2 aromatic carbocycles. The summed E-state index contributed by atoms with van der Waals surface area (Å²) in [5, 5.41) is 0.752. The molecule has 0 N–H and O–H groups in total. The van der Waals surface area contributed by atoms with Crippen molar-refractivity contribution in [3.63, 3.8) is 0 Å². The lowest BCUT2D eigenvalue weighted by molar-refractivity contribution is -0.113. The SMILES string of the molecule is C#CCOc1c(Br)cc(/C=C2/SC(=S)N(c3ccc(Cl)c(Cl)c3)C2=O)cc1OCC. The van der Waals surface area contributed by atoms with Crippen LogP contribution in [0.1, 0.15) is 12.5 Å². The molecule has 1 amide bonds. The molecule has 0 aliphatic carbocycles. The van der Waals surface area contributed by atoms with Crippen LogP contribution < -0.4 is 14.4 Å². The minimum atomic E-state index is -0.245. The molecule has 154 valence electrons. The van der Waals surface area contributed by atoms with Gasteiger partial charge in [0, 0.05) is 0 Å². The Bertz CT molecular complexity index is 1100. The number of hydrogen-bond acceptors (Lipinski definition) is 5. The van der Waals surface area contributed by atoms with Crippen molar-refractivity contribution in [2.75, 3.05) is 18.1 Å². The predicted molar refractivity (Wildman–Crippen MR) is 132 cm³/mol. The van der Waals surface area contributed by atoms with Gasteiger partial charge >= 0.3 is 0 Å². The number of thioether (sulfide) groups is 1. The molecule has 1 aliphatic heterocycles. The summed E-state index contributed by atoms with van der Waals surface area (Å²) in [6.45, 7) is 2.43. The summed E-state index contributed by atoms with van der Waals surface area (Å²) >= 11 is 22.2. The molecule has 30 heavy (non-hydrogen) atoms. The van der Waals surface area contributed by atoms with Gasteiger partial charge in [-0.05, 0) is 64.8 Å². The van der Waals surface area contributed by atoms with E-state index in [0.29, 0.717) is 47.5 Å². The number of nitrogens with zero attached hydrogens (tertiary/aromatic N) is 1. The number of carbonyl (C=O) groups is 1. The number of amides is 1. The second-order valence-corrected chi connectivity index (χ2v) is 9.22. The van der Waals surface area contributed by atoms with Crippen molar-refractivity contribution in [2.24, 2.45) is 0 Å². The fraction of sp³-hybridized carbons (Fsp3) is 0.143. The van der Waals surface area contributed by atoms with Gasteiger partial charge < -0.3 is 9.47 Å². The molecule has 0 atom stereocenters. The molecule has 0 radical (unpaired) electrons. The maximum Gasteiger partial charge on any atom is 0.270 e. The lowest BCUT2D eigenvalue weighted by Gasteiger charge is -2.15. The van der Waals surface area contributed by atoms with Gasteiger partial charge in [0.2, 0.25) is 0 Å². The Morgan fingerprint density at radius 1 is 1.27 bits per heavy atom. The fourth-order valence-corrected chi connectivity index (χ4v) is 4.82. The second-order valence-electron chi connectivity index (χ2n) is 5.87. The van der Waals surface area contributed by atoms with Gasteiger partial charge in [0.25, 0.3) is 5.91 Å². The quantitative estimate of drug-likeness (QED) is 0.234. The van der Waals surface area contributed by atoms with Gasteiger partial charge in [-0.3, -0.25) is 9.69 Å². The molecule has 0 saturated carbocycles. The third kappa shape index (κ3) is 4.96. The standard InChI is InChI=1S/C21H14BrCl2NO3S2/c1-3-7-28-19-14(22)8-12(9-17(19)27-4-2)10-18-20(26)25(21(29)30-18)13-5-6-15(23)16(24)11-13/h1,5-6,8-11H,4,7H2,2H3/b18-10+. The van der Waals surface area contributed by atoms with Crippen LogP contribution in [0, 0.1) is 12.3 Å². The summed E-state index contributed by atoms with van der Waals surface area (Å²) in [7, 11) is 0. The molecule has 0 unspecified atom stereocenters. The number of halogens is 3. The first-order valence-electron chi connectivity index (χ1n) is 8.61. The van der Waals surface area contributed by atoms with Crippen molar-refractivity contribution in [3.8, 4) is 23.8 Å². The highest BCUT2D eigenvalue weighted by atomic mass is 79.9. The van der Waals surface area contributed by atoms with Crippen molar-refractivity contribution in [2.45, 2.75) is 6.92 Å². The Hall–Kier alpha value is -1.69. The van der Waals surface area contributed by atoms with E-state index in [4.69, 9.17) is 51.3 Å². The Labute approximate surface area is 202 Å². The van der Waals surface area contributed by atoms with Gasteiger partial charge in [0.15, 0.2) is 15.8 Å². The predicted octanol–water partition coefficient (Wildman–Crippen LogP) is 6.57. The summed E-state index contributed by atoms with van der Waals surface area (Å²) < 4.78 is 12.3. The molecule has 0 spiro atoms. The normalized spacial score (nSPS) is 14.9. The Morgan fingerprint density at radius 2 is 2.03 bits per heavy atom. The molecule has 1 heterocycles. The zero-order valence-electron chi connectivity index (χ0n) is 15.6. The minimum absolute atomic E-state index is 0.111. The lowest BCUT2D eigenvalue weighted by atomic mass is 10.1. The third-order valence-electron chi connectivity index (χ3n) is 3.88. The molecule has 9 heteroatoms. The molecule has 4 nitrogen and oxygen atoms in total. The van der Waals surface area contributed by atoms with E-state index in [0.717, 1.165) is 5.56 Å². The van der Waals surface area contributed by atoms with Gasteiger partial charge in [0.05, 0.1) is 31.7 Å². The maximum atomic E-state index is 13.0. The number of ether oxygens (including phenoxy) is 2. The first kappa shape index (κ1) is 23.0. The van der Waals surface area contributed by atoms with E-state index in [1.807, 2.05) is 13.0 Å². The van der Waals surface area contributed by atoms with E-state index >= 15 is 0 Å². The Morgan fingerprint density at radius 3 is 2.70 bits per heavy atom. The number of terminal acetylenes is 1. The van der Waals surface area contributed by atoms with E-state index in [9.17, 15) is 4.79 Å². The van der Waals surface area contributed by atoms with Crippen LogP contribution in [0.15, 0.2) is 39.7 Å². The van der Waals surface area contributed by atoms with Crippen LogP contribution in [-0.4, -0.2) is 23.4 Å². The van der Waals surface area contributed by atoms with E-state index in [2.05, 4.69) is 21.9 Å². The largest absolute Gasteiger partial charge is 0.490 e. The summed E-state index contributed by atoms with van der Waals surface area (Å²) in [6.07, 6.45) is 7.03. The van der Waals surface area contributed by atoms with Crippen molar-refractivity contribution >= 4 is 85.1 Å². The number of anilines is 1. The molecule has 3 rings (SSSR count). The van der Waals surface area contributed by atoms with Crippen molar-refractivity contribution < 1.29 is 14.3 Å². The number of hydrogen-bond donors (Lipinski definition) is 0. The van der Waals surface area contributed by atoms with Crippen molar-refractivity contribution in [3.05, 3.63) is 55.3 Å². The monoisotopic (exact) mass is 541 g/mol. The highest BCUT2D eigenvalue weighted by molar-refractivity contribution is 9.10. The van der Waals surface area contributed by atoms with Crippen molar-refractivity contribution in [1.82, 2.24) is 0 Å². The summed E-state index contributed by atoms with van der Waals surface area (Å²) in [5.41, 5.74) is 1.30. The van der Waals surface area contributed by atoms with Gasteiger partial charge in [-0.15, -0.1) is 6.42 Å². The van der Waals surface area contributed by atoms with Crippen LogP contribution in [0.25, 0.3) is 6.08 Å². The maximum absolute atomic E-state index is 13.0. The Kier molecular flexibility index (Phi) is 7.72. The highest BCUT2D eigenvalue weighted by Gasteiger charge is 2.33. The smallest absolute Gasteiger partial charge is 0.270 e. The van der Waals surface area contributed by atoms with Crippen LogP contribution in [0.5, 0.6) is 11.5 Å². The summed E-state index contributed by atoms with van der Waals surface area (Å²) in [6, 6.07) is 8.54. The second kappa shape index (κ2) is 10.1. The summed E-state index contributed by atoms with van der Waals surface area (Å²) in [5.74, 6) is 3.21. The average molecular weight is 543 g/mol. The van der Waals surface area contributed by atoms with Crippen LogP contribution in [0.2, 0.25) is 10.0 Å². The van der Waals surface area contributed by atoms with E-state index in [1.165, 1.54) is 16.7 Å². The van der Waals surface area contributed by atoms with Gasteiger partial charge in [-0.25, -0.2) is 0 Å². The first-order chi connectivity index (χ1) is 14.3. The van der Waals surface area contributed by atoms with Gasteiger partial charge in [-0.2, -0.15) is 0 Å².